The molecule has 1 aromatic rings. The molecule has 0 saturated heterocycles. The molecular weight excluding hydrogens is 352 g/mol. The topological polar surface area (TPSA) is 68.3 Å². The van der Waals surface area contributed by atoms with Crippen LogP contribution in [0.25, 0.3) is 0 Å². The van der Waals surface area contributed by atoms with E-state index in [1.54, 1.807) is 6.20 Å². The van der Waals surface area contributed by atoms with Crippen LogP contribution in [0.2, 0.25) is 18.1 Å². The first-order valence-corrected chi connectivity index (χ1v) is 12.4. The van der Waals surface area contributed by atoms with Gasteiger partial charge in [-0.2, -0.15) is 0 Å². The van der Waals surface area contributed by atoms with Crippen molar-refractivity contribution in [2.45, 2.75) is 78.6 Å². The molecule has 0 spiro atoms. The Bertz CT molecular complexity index is 627. The van der Waals surface area contributed by atoms with Crippen molar-refractivity contribution in [3.63, 3.8) is 0 Å². The molecule has 5 nitrogen and oxygen atoms in total. The van der Waals surface area contributed by atoms with Crippen molar-refractivity contribution in [1.29, 1.82) is 0 Å². The van der Waals surface area contributed by atoms with Gasteiger partial charge < -0.3 is 9.72 Å². The van der Waals surface area contributed by atoms with Gasteiger partial charge in [-0.25, -0.2) is 4.98 Å². The number of carbonyl (C=O) groups excluding carboxylic acids is 2. The number of rotatable bonds is 5. The summed E-state index contributed by atoms with van der Waals surface area (Å²) >= 11 is 1.35. The van der Waals surface area contributed by atoms with Crippen LogP contribution in [0, 0.1) is 5.92 Å². The number of hydrogen-bond acceptors (Lipinski definition) is 5. The number of nitrogens with one attached hydrogen (secondary N) is 1. The first-order valence-electron chi connectivity index (χ1n) is 8.62. The minimum absolute atomic E-state index is 0.0635. The third-order valence-electron chi connectivity index (χ3n) is 4.37. The highest BCUT2D eigenvalue weighted by Crippen LogP contribution is 2.34. The van der Waals surface area contributed by atoms with E-state index in [2.05, 4.69) is 43.8 Å². The van der Waals surface area contributed by atoms with Gasteiger partial charge in [0.25, 0.3) is 5.91 Å². The van der Waals surface area contributed by atoms with E-state index in [4.69, 9.17) is 4.74 Å². The molecule has 1 atom stereocenters. The first-order chi connectivity index (χ1) is 11.1. The fraction of sp³-hybridized carbons (Fsp3) is 0.722. The van der Waals surface area contributed by atoms with Crippen LogP contribution in [0.1, 0.15) is 63.1 Å². The fourth-order valence-corrected chi connectivity index (χ4v) is 3.91. The Kier molecular flexibility index (Phi) is 6.61. The summed E-state index contributed by atoms with van der Waals surface area (Å²) in [5.74, 6) is -0.614. The summed E-state index contributed by atoms with van der Waals surface area (Å²) in [5, 5.41) is 0.518. The van der Waals surface area contributed by atoms with E-state index >= 15 is 0 Å². The maximum Gasteiger partial charge on any atom is 0.309 e. The second kappa shape index (κ2) is 7.58. The Labute approximate surface area is 156 Å². The SMILES string of the molecule is CC(Cc1cnc(C(=O)N[Si](C)(C)C(C)(C)C)s1)C(=O)OC(C)(C)C. The fourth-order valence-electron chi connectivity index (χ4n) is 1.82. The average Bonchev–Trinajstić information content (AvgIpc) is 2.83. The van der Waals surface area contributed by atoms with E-state index < -0.39 is 13.8 Å². The number of carbonyl (C=O) groups is 2. The highest BCUT2D eigenvalue weighted by atomic mass is 32.1. The van der Waals surface area contributed by atoms with Gasteiger partial charge in [-0.3, -0.25) is 9.59 Å². The van der Waals surface area contributed by atoms with Gasteiger partial charge in [0.05, 0.1) is 5.92 Å². The first kappa shape index (κ1) is 21.8. The van der Waals surface area contributed by atoms with Crippen LogP contribution in [0.15, 0.2) is 6.20 Å². The molecule has 7 heteroatoms. The van der Waals surface area contributed by atoms with Gasteiger partial charge in [0.2, 0.25) is 0 Å². The van der Waals surface area contributed by atoms with E-state index in [0.717, 1.165) is 4.88 Å². The van der Waals surface area contributed by atoms with Crippen molar-refractivity contribution in [2.24, 2.45) is 5.92 Å². The molecule has 0 aliphatic heterocycles. The summed E-state index contributed by atoms with van der Waals surface area (Å²) in [6, 6.07) is 0. The molecule has 0 fully saturated rings. The lowest BCUT2D eigenvalue weighted by molar-refractivity contribution is -0.159. The number of hydrogen-bond donors (Lipinski definition) is 1. The standard InChI is InChI=1S/C18H32N2O3SSi/c1-12(16(22)23-17(2,3)4)10-13-11-19-15(24-13)14(21)20-25(8,9)18(5,6)7/h11-12H,10H2,1-9H3,(H,20,21). The molecule has 0 saturated carbocycles. The Morgan fingerprint density at radius 3 is 2.28 bits per heavy atom. The van der Waals surface area contributed by atoms with E-state index in [1.807, 2.05) is 27.7 Å². The Hall–Kier alpha value is -1.21. The van der Waals surface area contributed by atoms with Crippen molar-refractivity contribution in [3.05, 3.63) is 16.1 Å². The molecule has 1 amide bonds. The lowest BCUT2D eigenvalue weighted by atomic mass is 10.1. The molecule has 0 aliphatic rings. The van der Waals surface area contributed by atoms with Gasteiger partial charge in [-0.15, -0.1) is 11.3 Å². The molecule has 0 aliphatic carbocycles. The molecule has 1 N–H and O–H groups in total. The Balaban J connectivity index is 2.73. The summed E-state index contributed by atoms with van der Waals surface area (Å²) in [6.07, 6.45) is 2.21. The van der Waals surface area contributed by atoms with Crippen LogP contribution in [0.4, 0.5) is 0 Å². The number of ether oxygens (including phenoxy) is 1. The predicted molar refractivity (Wildman–Crippen MR) is 105 cm³/mol. The van der Waals surface area contributed by atoms with Crippen molar-refractivity contribution in [1.82, 2.24) is 9.97 Å². The van der Waals surface area contributed by atoms with E-state index in [-0.39, 0.29) is 22.8 Å². The number of esters is 1. The molecule has 1 heterocycles. The lowest BCUT2D eigenvalue weighted by Crippen LogP contribution is -2.54. The third kappa shape index (κ3) is 6.54. The normalized spacial score (nSPS) is 14.1. The van der Waals surface area contributed by atoms with Crippen LogP contribution in [0.3, 0.4) is 0 Å². The number of aromatic nitrogens is 1. The van der Waals surface area contributed by atoms with Gasteiger partial charge in [-0.1, -0.05) is 40.8 Å². The van der Waals surface area contributed by atoms with Crippen molar-refractivity contribution >= 4 is 31.4 Å². The van der Waals surface area contributed by atoms with Crippen LogP contribution in [0.5, 0.6) is 0 Å². The van der Waals surface area contributed by atoms with Crippen molar-refractivity contribution in [2.75, 3.05) is 0 Å². The maximum atomic E-state index is 12.5. The molecule has 25 heavy (non-hydrogen) atoms. The van der Waals surface area contributed by atoms with Crippen molar-refractivity contribution in [3.8, 4) is 0 Å². The molecule has 0 radical (unpaired) electrons. The quantitative estimate of drug-likeness (QED) is 0.603. The summed E-state index contributed by atoms with van der Waals surface area (Å²) in [4.78, 5) is 32.9. The maximum absolute atomic E-state index is 12.5. The molecule has 1 unspecified atom stereocenters. The molecule has 0 bridgehead atoms. The predicted octanol–water partition coefficient (Wildman–Crippen LogP) is 4.40. The zero-order chi connectivity index (χ0) is 19.6. The van der Waals surface area contributed by atoms with Gasteiger partial charge in [0, 0.05) is 11.1 Å². The third-order valence-corrected chi connectivity index (χ3v) is 9.99. The summed E-state index contributed by atoms with van der Waals surface area (Å²) in [7, 11) is -1.93. The van der Waals surface area contributed by atoms with E-state index in [1.165, 1.54) is 11.3 Å². The van der Waals surface area contributed by atoms with Crippen molar-refractivity contribution < 1.29 is 14.3 Å². The smallest absolute Gasteiger partial charge is 0.309 e. The van der Waals surface area contributed by atoms with Gasteiger partial charge in [0.15, 0.2) is 13.2 Å². The van der Waals surface area contributed by atoms with Gasteiger partial charge >= 0.3 is 5.97 Å². The minimum atomic E-state index is -1.93. The minimum Gasteiger partial charge on any atom is -0.460 e. The molecule has 1 rings (SSSR count). The van der Waals surface area contributed by atoms with Crippen LogP contribution >= 0.6 is 11.3 Å². The summed E-state index contributed by atoms with van der Waals surface area (Å²) in [5.41, 5.74) is -0.493. The molecular formula is C18H32N2O3SSi. The van der Waals surface area contributed by atoms with Crippen LogP contribution in [-0.2, 0) is 16.0 Å². The lowest BCUT2D eigenvalue weighted by Gasteiger charge is -2.36. The Morgan fingerprint density at radius 2 is 1.80 bits per heavy atom. The van der Waals surface area contributed by atoms with Gasteiger partial charge in [0.1, 0.15) is 5.60 Å². The Morgan fingerprint density at radius 1 is 1.24 bits per heavy atom. The highest BCUT2D eigenvalue weighted by Gasteiger charge is 2.37. The van der Waals surface area contributed by atoms with Crippen LogP contribution < -0.4 is 4.98 Å². The summed E-state index contributed by atoms with van der Waals surface area (Å²) in [6.45, 7) is 18.1. The molecule has 142 valence electrons. The average molecular weight is 385 g/mol. The van der Waals surface area contributed by atoms with Crippen LogP contribution in [-0.4, -0.2) is 30.7 Å². The second-order valence-electron chi connectivity index (χ2n) is 9.10. The zero-order valence-corrected chi connectivity index (χ0v) is 18.8. The van der Waals surface area contributed by atoms with E-state index in [0.29, 0.717) is 11.4 Å². The molecule has 1 aromatic heterocycles. The largest absolute Gasteiger partial charge is 0.460 e. The monoisotopic (exact) mass is 384 g/mol. The van der Waals surface area contributed by atoms with Gasteiger partial charge in [-0.05, 0) is 32.2 Å². The molecule has 0 aromatic carbocycles. The van der Waals surface area contributed by atoms with E-state index in [9.17, 15) is 9.59 Å². The highest BCUT2D eigenvalue weighted by molar-refractivity contribution is 7.13. The number of thiazole rings is 1. The number of nitrogens with zero attached hydrogens (tertiary/aromatic N) is 1. The number of amides is 1. The second-order valence-corrected chi connectivity index (χ2v) is 15.2. The summed E-state index contributed by atoms with van der Waals surface area (Å²) < 4.78 is 5.40. The zero-order valence-electron chi connectivity index (χ0n) is 16.9.